The smallest absolute Gasteiger partial charge is 0.358 e. The minimum Gasteiger partial charge on any atom is -0.616 e. The standard InChI is InChI=1S/C22H19N3O7S.C18H28O3S/c26-16-12-33-21-18(23-17(27)10-13-4-2-1-3-5-13)20(28)24(21)19(16)22(29)32-11-14-6-8-15(9-7-14)25(30)31;1-3-4-5-6-7-8-11-22(19)15(2)12-16-9-10-17-18(13-16)21-14-20-17/h1-9,18,21,26H,10-12H2,(H,23,27);9-10,13,15H,3-8,11-12,14H2,1-2H3/t18?,21-;/m1./s1. The van der Waals surface area contributed by atoms with E-state index in [0.29, 0.717) is 12.4 Å². The Kier molecular flexibility index (Phi) is 15.3. The molecule has 3 heterocycles. The topological polar surface area (TPSA) is 181 Å². The molecule has 0 aliphatic carbocycles. The van der Waals surface area contributed by atoms with Crippen LogP contribution in [0.15, 0.2) is 84.3 Å². The van der Waals surface area contributed by atoms with Crippen molar-refractivity contribution in [3.05, 3.63) is 111 Å². The number of aliphatic hydroxyl groups excluding tert-OH is 1. The number of rotatable bonds is 17. The van der Waals surface area contributed by atoms with Crippen molar-refractivity contribution in [1.29, 1.82) is 0 Å². The fourth-order valence-electron chi connectivity index (χ4n) is 6.25. The number of benzene rings is 3. The molecule has 4 atom stereocenters. The second-order valence-corrected chi connectivity index (χ2v) is 16.5. The van der Waals surface area contributed by atoms with Gasteiger partial charge in [-0.15, -0.1) is 11.8 Å². The molecule has 0 aromatic heterocycles. The van der Waals surface area contributed by atoms with Crippen LogP contribution in [0, 0.1) is 10.1 Å². The van der Waals surface area contributed by atoms with Crippen LogP contribution in [0.5, 0.6) is 11.5 Å². The van der Waals surface area contributed by atoms with E-state index in [2.05, 4.69) is 19.2 Å². The lowest BCUT2D eigenvalue weighted by molar-refractivity contribution is -0.384. The zero-order valence-electron chi connectivity index (χ0n) is 31.0. The first-order chi connectivity index (χ1) is 26.5. The molecule has 15 heteroatoms. The summed E-state index contributed by atoms with van der Waals surface area (Å²) in [5.74, 6) is 0.532. The van der Waals surface area contributed by atoms with Crippen molar-refractivity contribution in [2.24, 2.45) is 0 Å². The summed E-state index contributed by atoms with van der Waals surface area (Å²) >= 11 is 0.489. The number of unbranched alkanes of at least 4 members (excludes halogenated alkanes) is 5. The van der Waals surface area contributed by atoms with Gasteiger partial charge in [0.05, 0.1) is 17.1 Å². The van der Waals surface area contributed by atoms with E-state index < -0.39 is 39.4 Å². The number of esters is 1. The number of amides is 2. The van der Waals surface area contributed by atoms with Crippen molar-refractivity contribution in [3.63, 3.8) is 0 Å². The first kappa shape index (κ1) is 41.4. The fourth-order valence-corrected chi connectivity index (χ4v) is 8.72. The normalized spacial score (nSPS) is 17.9. The van der Waals surface area contributed by atoms with Gasteiger partial charge in [0.25, 0.3) is 11.6 Å². The molecule has 6 rings (SSSR count). The van der Waals surface area contributed by atoms with Crippen LogP contribution in [0.2, 0.25) is 0 Å². The molecule has 2 amide bonds. The molecule has 0 spiro atoms. The largest absolute Gasteiger partial charge is 0.616 e. The first-order valence-corrected chi connectivity index (χ1v) is 20.8. The van der Waals surface area contributed by atoms with Gasteiger partial charge in [0.2, 0.25) is 12.7 Å². The molecular weight excluding hydrogens is 747 g/mol. The van der Waals surface area contributed by atoms with Crippen molar-refractivity contribution in [2.45, 2.75) is 88.5 Å². The van der Waals surface area contributed by atoms with Crippen LogP contribution in [-0.2, 0) is 49.7 Å². The molecule has 3 aromatic carbocycles. The third kappa shape index (κ3) is 11.4. The molecule has 294 valence electrons. The van der Waals surface area contributed by atoms with Gasteiger partial charge in [-0.1, -0.05) is 80.2 Å². The molecule has 55 heavy (non-hydrogen) atoms. The zero-order valence-corrected chi connectivity index (χ0v) is 32.6. The zero-order chi connectivity index (χ0) is 39.3. The molecule has 0 bridgehead atoms. The van der Waals surface area contributed by atoms with Crippen molar-refractivity contribution >= 4 is 46.4 Å². The molecule has 1 fully saturated rings. The Morgan fingerprint density at radius 1 is 1.00 bits per heavy atom. The number of nitro groups is 1. The van der Waals surface area contributed by atoms with Crippen LogP contribution < -0.4 is 14.8 Å². The van der Waals surface area contributed by atoms with E-state index in [9.17, 15) is 34.2 Å². The number of nitrogens with zero attached hydrogens (tertiary/aromatic N) is 2. The Hall–Kier alpha value is -4.73. The molecule has 3 unspecified atom stereocenters. The predicted molar refractivity (Wildman–Crippen MR) is 210 cm³/mol. The molecule has 3 aromatic rings. The summed E-state index contributed by atoms with van der Waals surface area (Å²) in [5.41, 5.74) is 2.15. The monoisotopic (exact) mass is 793 g/mol. The van der Waals surface area contributed by atoms with E-state index in [0.717, 1.165) is 40.6 Å². The minimum atomic E-state index is -0.890. The van der Waals surface area contributed by atoms with Crippen molar-refractivity contribution in [2.75, 3.05) is 18.3 Å². The van der Waals surface area contributed by atoms with Gasteiger partial charge in [-0.25, -0.2) is 4.79 Å². The summed E-state index contributed by atoms with van der Waals surface area (Å²) in [5, 5.41) is 23.3. The van der Waals surface area contributed by atoms with Crippen LogP contribution in [0.3, 0.4) is 0 Å². The lowest BCUT2D eigenvalue weighted by atomic mass is 10.0. The highest BCUT2D eigenvalue weighted by atomic mass is 32.2. The maximum absolute atomic E-state index is 12.7. The van der Waals surface area contributed by atoms with E-state index in [4.69, 9.17) is 14.2 Å². The van der Waals surface area contributed by atoms with E-state index in [1.54, 1.807) is 0 Å². The Morgan fingerprint density at radius 3 is 2.42 bits per heavy atom. The van der Waals surface area contributed by atoms with Crippen LogP contribution in [0.1, 0.15) is 69.1 Å². The minimum absolute atomic E-state index is 0.0848. The maximum atomic E-state index is 12.7. The number of aliphatic hydroxyl groups is 1. The van der Waals surface area contributed by atoms with E-state index in [1.807, 2.05) is 48.5 Å². The summed E-state index contributed by atoms with van der Waals surface area (Å²) in [6.07, 6.45) is 8.44. The molecule has 0 saturated carbocycles. The first-order valence-electron chi connectivity index (χ1n) is 18.4. The van der Waals surface area contributed by atoms with Crippen molar-refractivity contribution in [3.8, 4) is 11.5 Å². The molecule has 3 aliphatic rings. The van der Waals surface area contributed by atoms with Gasteiger partial charge in [0.15, 0.2) is 17.2 Å². The summed E-state index contributed by atoms with van der Waals surface area (Å²) in [6, 6.07) is 19.8. The third-order valence-corrected chi connectivity index (χ3v) is 12.3. The quantitative estimate of drug-likeness (QED) is 0.0380. The van der Waals surface area contributed by atoms with E-state index >= 15 is 0 Å². The number of carbonyl (C=O) groups excluding carboxylic acids is 3. The Labute approximate surface area is 328 Å². The second-order valence-electron chi connectivity index (χ2n) is 13.5. The number of carbonyl (C=O) groups is 3. The Morgan fingerprint density at radius 2 is 1.69 bits per heavy atom. The molecule has 0 radical (unpaired) electrons. The van der Waals surface area contributed by atoms with Gasteiger partial charge in [-0.05, 0) is 60.7 Å². The van der Waals surface area contributed by atoms with Gasteiger partial charge in [0, 0.05) is 18.6 Å². The Bertz CT molecular complexity index is 1830. The van der Waals surface area contributed by atoms with Gasteiger partial charge in [-0.3, -0.25) is 24.6 Å². The van der Waals surface area contributed by atoms with Crippen LogP contribution >= 0.6 is 11.8 Å². The highest BCUT2D eigenvalue weighted by Gasteiger charge is 2.54. The maximum Gasteiger partial charge on any atom is 0.358 e. The Balaban J connectivity index is 0.000000229. The SMILES string of the molecule is CCCCCCCC[S+]([O-])C(C)Cc1ccc2c(c1)OCO2.O=C(Cc1ccccc1)NC1C(=O)N2C(C(=O)OCc3ccc([N+](=O)[O-])cc3)=C(O)CS[C@H]12. The van der Waals surface area contributed by atoms with Crippen molar-refractivity contribution < 1.29 is 43.2 Å². The molecule has 1 saturated heterocycles. The lowest BCUT2D eigenvalue weighted by Crippen LogP contribution is -2.70. The molecule has 13 nitrogen and oxygen atoms in total. The number of hydrogen-bond donors (Lipinski definition) is 2. The highest BCUT2D eigenvalue weighted by molar-refractivity contribution is 8.00. The number of nitro benzene ring substituents is 1. The lowest BCUT2D eigenvalue weighted by Gasteiger charge is -2.48. The van der Waals surface area contributed by atoms with E-state index in [1.165, 1.54) is 73.7 Å². The van der Waals surface area contributed by atoms with Crippen LogP contribution in [-0.4, -0.2) is 72.2 Å². The molecular formula is C40H47N3O10S2. The van der Waals surface area contributed by atoms with Gasteiger partial charge in [0.1, 0.15) is 34.8 Å². The van der Waals surface area contributed by atoms with Gasteiger partial charge >= 0.3 is 5.97 Å². The average Bonchev–Trinajstić information content (AvgIpc) is 3.66. The second kappa shape index (κ2) is 20.3. The summed E-state index contributed by atoms with van der Waals surface area (Å²) in [7, 11) is 0. The number of fused-ring (bicyclic) bond motifs is 2. The summed E-state index contributed by atoms with van der Waals surface area (Å²) in [4.78, 5) is 49.0. The number of thioether (sulfide) groups is 1. The summed E-state index contributed by atoms with van der Waals surface area (Å²) < 4.78 is 28.3. The van der Waals surface area contributed by atoms with E-state index in [-0.39, 0.29) is 47.1 Å². The number of β-lactam (4-membered cyclic amide) rings is 1. The highest BCUT2D eigenvalue weighted by Crippen LogP contribution is 2.40. The van der Waals surface area contributed by atoms with Crippen LogP contribution in [0.4, 0.5) is 5.69 Å². The third-order valence-electron chi connectivity index (χ3n) is 9.29. The van der Waals surface area contributed by atoms with Gasteiger partial charge < -0.3 is 29.2 Å². The summed E-state index contributed by atoms with van der Waals surface area (Å²) in [6.45, 7) is 4.42. The van der Waals surface area contributed by atoms with Crippen molar-refractivity contribution in [1.82, 2.24) is 10.2 Å². The average molecular weight is 794 g/mol. The number of non-ortho nitro benzene ring substituents is 1. The molecule has 2 N–H and O–H groups in total. The predicted octanol–water partition coefficient (Wildman–Crippen LogP) is 6.51. The molecule has 3 aliphatic heterocycles. The number of hydrogen-bond acceptors (Lipinski definition) is 11. The number of nitrogens with one attached hydrogen (secondary N) is 1. The van der Waals surface area contributed by atoms with Crippen LogP contribution in [0.25, 0.3) is 0 Å². The fraction of sp³-hybridized carbons (Fsp3) is 0.425. The number of ether oxygens (including phenoxy) is 3. The van der Waals surface area contributed by atoms with Gasteiger partial charge in [-0.2, -0.15) is 0 Å².